The van der Waals surface area contributed by atoms with Crippen LogP contribution in [-0.4, -0.2) is 17.7 Å². The molecule has 0 aliphatic rings. The van der Waals surface area contributed by atoms with E-state index in [1.54, 1.807) is 42.5 Å². The van der Waals surface area contributed by atoms with Gasteiger partial charge in [0.2, 0.25) is 0 Å². The topological polar surface area (TPSA) is 26.3 Å². The average molecular weight is 400 g/mol. The molecule has 0 fully saturated rings. The lowest BCUT2D eigenvalue weighted by Gasteiger charge is -2.06. The van der Waals surface area contributed by atoms with Crippen molar-refractivity contribution in [1.82, 2.24) is 0 Å². The molecule has 0 saturated heterocycles. The molecular formula is C17H13BrCl2O2. The van der Waals surface area contributed by atoms with Crippen LogP contribution in [0.5, 0.6) is 5.75 Å². The Morgan fingerprint density at radius 2 is 1.82 bits per heavy atom. The molecule has 5 heteroatoms. The summed E-state index contributed by atoms with van der Waals surface area (Å²) in [6.07, 6.45) is 3.88. The Morgan fingerprint density at radius 3 is 2.45 bits per heavy atom. The second-order valence-electron chi connectivity index (χ2n) is 4.41. The van der Waals surface area contributed by atoms with Gasteiger partial charge < -0.3 is 4.74 Å². The minimum atomic E-state index is -0.146. The van der Waals surface area contributed by atoms with Crippen LogP contribution in [0.15, 0.2) is 54.6 Å². The van der Waals surface area contributed by atoms with Crippen LogP contribution in [0.3, 0.4) is 0 Å². The Kier molecular flexibility index (Phi) is 6.49. The molecule has 0 N–H and O–H groups in total. The number of carbonyl (C=O) groups excluding carboxylic acids is 1. The fraction of sp³-hybridized carbons (Fsp3) is 0.118. The van der Waals surface area contributed by atoms with E-state index in [1.165, 1.54) is 0 Å². The molecule has 22 heavy (non-hydrogen) atoms. The molecule has 0 spiro atoms. The number of halogens is 3. The van der Waals surface area contributed by atoms with Crippen LogP contribution in [0.4, 0.5) is 0 Å². The largest absolute Gasteiger partial charge is 0.490 e. The number of ketones is 1. The van der Waals surface area contributed by atoms with Crippen molar-refractivity contribution in [3.63, 3.8) is 0 Å². The monoisotopic (exact) mass is 398 g/mol. The van der Waals surface area contributed by atoms with Crippen molar-refractivity contribution in [3.8, 4) is 5.75 Å². The summed E-state index contributed by atoms with van der Waals surface area (Å²) < 4.78 is 5.53. The van der Waals surface area contributed by atoms with Crippen molar-refractivity contribution >= 4 is 44.9 Å². The molecule has 0 heterocycles. The number of benzene rings is 2. The maximum absolute atomic E-state index is 12.4. The summed E-state index contributed by atoms with van der Waals surface area (Å²) in [5.74, 6) is 0.561. The maximum atomic E-state index is 12.4. The summed E-state index contributed by atoms with van der Waals surface area (Å²) in [6.45, 7) is 0.488. The van der Waals surface area contributed by atoms with Crippen molar-refractivity contribution in [1.29, 1.82) is 0 Å². The van der Waals surface area contributed by atoms with Crippen molar-refractivity contribution in [2.24, 2.45) is 0 Å². The first kappa shape index (κ1) is 17.1. The van der Waals surface area contributed by atoms with E-state index in [0.717, 1.165) is 5.33 Å². The van der Waals surface area contributed by atoms with Gasteiger partial charge in [0.05, 0.1) is 5.02 Å². The van der Waals surface area contributed by atoms with Crippen molar-refractivity contribution < 1.29 is 9.53 Å². The summed E-state index contributed by atoms with van der Waals surface area (Å²) in [4.78, 5) is 12.4. The van der Waals surface area contributed by atoms with Crippen LogP contribution in [0.2, 0.25) is 10.0 Å². The molecule has 0 aliphatic carbocycles. The molecule has 2 aromatic rings. The Balaban J connectivity index is 2.09. The van der Waals surface area contributed by atoms with E-state index < -0.39 is 0 Å². The highest BCUT2D eigenvalue weighted by molar-refractivity contribution is 9.09. The first-order chi connectivity index (χ1) is 10.6. The van der Waals surface area contributed by atoms with E-state index >= 15 is 0 Å². The fourth-order valence-electron chi connectivity index (χ4n) is 1.81. The predicted octanol–water partition coefficient (Wildman–Crippen LogP) is 5.55. The van der Waals surface area contributed by atoms with Gasteiger partial charge in [-0.3, -0.25) is 4.79 Å². The van der Waals surface area contributed by atoms with Gasteiger partial charge in [-0.15, -0.1) is 0 Å². The Bertz CT molecular complexity index is 682. The minimum absolute atomic E-state index is 0.146. The normalized spacial score (nSPS) is 10.9. The number of hydrogen-bond donors (Lipinski definition) is 0. The van der Waals surface area contributed by atoms with E-state index in [4.69, 9.17) is 27.9 Å². The summed E-state index contributed by atoms with van der Waals surface area (Å²) in [5, 5.41) is 1.64. The average Bonchev–Trinajstić information content (AvgIpc) is 2.52. The van der Waals surface area contributed by atoms with Crippen LogP contribution in [-0.2, 0) is 0 Å². The molecule has 0 aromatic heterocycles. The van der Waals surface area contributed by atoms with Gasteiger partial charge in [-0.1, -0.05) is 51.3 Å². The molecule has 2 aromatic carbocycles. The molecule has 0 atom stereocenters. The zero-order valence-corrected chi connectivity index (χ0v) is 14.7. The summed E-state index contributed by atoms with van der Waals surface area (Å²) in [6, 6.07) is 11.8. The quantitative estimate of drug-likeness (QED) is 0.361. The highest BCUT2D eigenvalue weighted by Crippen LogP contribution is 2.24. The molecule has 0 saturated carbocycles. The van der Waals surface area contributed by atoms with Crippen LogP contribution < -0.4 is 4.74 Å². The Morgan fingerprint density at radius 1 is 1.09 bits per heavy atom. The standard InChI is InChI=1S/C17H13BrCl2O2/c18-9-1-2-10-22-14-6-3-12(4-7-14)17(21)15-8-5-13(19)11-16(15)20/h1-8,11H,9-10H2. The van der Waals surface area contributed by atoms with Gasteiger partial charge in [0.15, 0.2) is 5.78 Å². The molecule has 0 radical (unpaired) electrons. The molecular weight excluding hydrogens is 387 g/mol. The Labute approximate surface area is 147 Å². The van der Waals surface area contributed by atoms with Gasteiger partial charge in [-0.25, -0.2) is 0 Å². The number of hydrogen-bond acceptors (Lipinski definition) is 2. The summed E-state index contributed by atoms with van der Waals surface area (Å²) in [7, 11) is 0. The van der Waals surface area contributed by atoms with Gasteiger partial charge >= 0.3 is 0 Å². The molecule has 2 nitrogen and oxygen atoms in total. The maximum Gasteiger partial charge on any atom is 0.194 e. The van der Waals surface area contributed by atoms with Gasteiger partial charge in [0.1, 0.15) is 12.4 Å². The highest BCUT2D eigenvalue weighted by Gasteiger charge is 2.13. The lowest BCUT2D eigenvalue weighted by atomic mass is 10.0. The third-order valence-electron chi connectivity index (χ3n) is 2.89. The lowest BCUT2D eigenvalue weighted by molar-refractivity contribution is 0.103. The van der Waals surface area contributed by atoms with Crippen LogP contribution in [0.1, 0.15) is 15.9 Å². The van der Waals surface area contributed by atoms with E-state index in [9.17, 15) is 4.79 Å². The second-order valence-corrected chi connectivity index (χ2v) is 5.91. The third kappa shape index (κ3) is 4.60. The van der Waals surface area contributed by atoms with Crippen LogP contribution in [0, 0.1) is 0 Å². The minimum Gasteiger partial charge on any atom is -0.490 e. The van der Waals surface area contributed by atoms with Gasteiger partial charge in [0, 0.05) is 21.5 Å². The molecule has 2 rings (SSSR count). The zero-order chi connectivity index (χ0) is 15.9. The molecule has 0 unspecified atom stereocenters. The third-order valence-corrected chi connectivity index (χ3v) is 3.82. The smallest absolute Gasteiger partial charge is 0.194 e. The van der Waals surface area contributed by atoms with Crippen molar-refractivity contribution in [3.05, 3.63) is 75.8 Å². The number of ether oxygens (including phenoxy) is 1. The highest BCUT2D eigenvalue weighted by atomic mass is 79.9. The predicted molar refractivity (Wildman–Crippen MR) is 94.8 cm³/mol. The summed E-state index contributed by atoms with van der Waals surface area (Å²) >= 11 is 15.2. The van der Waals surface area contributed by atoms with E-state index in [0.29, 0.717) is 33.5 Å². The fourth-order valence-corrected chi connectivity index (χ4v) is 2.57. The van der Waals surface area contributed by atoms with E-state index in [1.807, 2.05) is 12.2 Å². The number of alkyl halides is 1. The second kappa shape index (κ2) is 8.37. The van der Waals surface area contributed by atoms with E-state index in [2.05, 4.69) is 15.9 Å². The SMILES string of the molecule is O=C(c1ccc(OCC=CCBr)cc1)c1ccc(Cl)cc1Cl. The number of allylic oxidation sites excluding steroid dienone is 1. The van der Waals surface area contributed by atoms with Crippen LogP contribution >= 0.6 is 39.1 Å². The molecule has 0 bridgehead atoms. The van der Waals surface area contributed by atoms with Crippen molar-refractivity contribution in [2.75, 3.05) is 11.9 Å². The molecule has 0 aliphatic heterocycles. The van der Waals surface area contributed by atoms with Gasteiger partial charge in [-0.05, 0) is 42.5 Å². The van der Waals surface area contributed by atoms with E-state index in [-0.39, 0.29) is 5.78 Å². The lowest BCUT2D eigenvalue weighted by Crippen LogP contribution is -2.02. The van der Waals surface area contributed by atoms with Gasteiger partial charge in [-0.2, -0.15) is 0 Å². The number of carbonyl (C=O) groups is 1. The zero-order valence-electron chi connectivity index (χ0n) is 11.6. The summed E-state index contributed by atoms with van der Waals surface area (Å²) in [5.41, 5.74) is 0.979. The van der Waals surface area contributed by atoms with Gasteiger partial charge in [0.25, 0.3) is 0 Å². The molecule has 0 amide bonds. The molecule has 114 valence electrons. The first-order valence-electron chi connectivity index (χ1n) is 6.55. The van der Waals surface area contributed by atoms with Crippen molar-refractivity contribution in [2.45, 2.75) is 0 Å². The Hall–Kier alpha value is -1.29. The first-order valence-corrected chi connectivity index (χ1v) is 8.43. The number of rotatable bonds is 6. The van der Waals surface area contributed by atoms with Crippen LogP contribution in [0.25, 0.3) is 0 Å².